The maximum atomic E-state index is 6.02. The predicted octanol–water partition coefficient (Wildman–Crippen LogP) is 3.90. The maximum Gasteiger partial charge on any atom is 0.0464 e. The summed E-state index contributed by atoms with van der Waals surface area (Å²) in [5.41, 5.74) is 3.51. The summed E-state index contributed by atoms with van der Waals surface area (Å²) in [6.07, 6.45) is 2.12. The highest BCUT2D eigenvalue weighted by atomic mass is 79.9. The molecule has 65 valence electrons. The summed E-state index contributed by atoms with van der Waals surface area (Å²) in [7, 11) is 0. The average Bonchev–Trinajstić information content (AvgIpc) is 2.01. The van der Waals surface area contributed by atoms with E-state index in [1.165, 1.54) is 5.56 Å². The van der Waals surface area contributed by atoms with Gasteiger partial charge < -0.3 is 0 Å². The lowest BCUT2D eigenvalue weighted by Gasteiger charge is -2.05. The van der Waals surface area contributed by atoms with E-state index >= 15 is 0 Å². The van der Waals surface area contributed by atoms with Crippen molar-refractivity contribution in [2.24, 2.45) is 0 Å². The molecule has 0 saturated carbocycles. The van der Waals surface area contributed by atoms with Crippen LogP contribution in [0.25, 0.3) is 0 Å². The molecule has 12 heavy (non-hydrogen) atoms. The number of aryl methyl sites for hydroxylation is 2. The number of hydrogen-bond donors (Lipinski definition) is 0. The standard InChI is InChI=1S/C10H11BrCl/c1-7-5-9(3-4-11)6-8(2)10(7)12/h3,5-6H,4H2,1-2H3. The van der Waals surface area contributed by atoms with Crippen molar-refractivity contribution in [3.63, 3.8) is 0 Å². The Balaban J connectivity index is 3.04. The molecule has 0 N–H and O–H groups in total. The van der Waals surface area contributed by atoms with Crippen molar-refractivity contribution in [3.8, 4) is 0 Å². The first-order valence-corrected chi connectivity index (χ1v) is 5.31. The molecule has 0 aliphatic rings. The largest absolute Gasteiger partial charge is 0.0921 e. The average molecular weight is 247 g/mol. The molecule has 0 aliphatic heterocycles. The molecule has 0 unspecified atom stereocenters. The summed E-state index contributed by atoms with van der Waals surface area (Å²) in [5, 5.41) is 1.76. The molecule has 0 saturated heterocycles. The third kappa shape index (κ3) is 2.24. The van der Waals surface area contributed by atoms with Crippen molar-refractivity contribution in [1.82, 2.24) is 0 Å². The number of halogens is 2. The topological polar surface area (TPSA) is 0 Å². The van der Waals surface area contributed by atoms with Crippen molar-refractivity contribution in [1.29, 1.82) is 0 Å². The highest BCUT2D eigenvalue weighted by Crippen LogP contribution is 2.22. The van der Waals surface area contributed by atoms with Crippen LogP contribution in [0.4, 0.5) is 0 Å². The molecule has 0 aliphatic carbocycles. The van der Waals surface area contributed by atoms with Crippen LogP contribution in [0.2, 0.25) is 5.02 Å². The van der Waals surface area contributed by atoms with E-state index in [1.807, 2.05) is 13.8 Å². The molecular formula is C10H11BrCl. The van der Waals surface area contributed by atoms with Crippen LogP contribution < -0.4 is 0 Å². The number of rotatable bonds is 2. The van der Waals surface area contributed by atoms with Crippen LogP contribution >= 0.6 is 27.5 Å². The molecule has 0 fully saturated rings. The summed E-state index contributed by atoms with van der Waals surface area (Å²) in [5.74, 6) is 0. The Bertz CT molecular complexity index is 258. The van der Waals surface area contributed by atoms with E-state index in [2.05, 4.69) is 34.5 Å². The van der Waals surface area contributed by atoms with E-state index in [0.29, 0.717) is 0 Å². The number of alkyl halides is 1. The van der Waals surface area contributed by atoms with E-state index in [4.69, 9.17) is 11.6 Å². The Hall–Kier alpha value is -0.0100. The summed E-state index contributed by atoms with van der Waals surface area (Å²) in [4.78, 5) is 0. The molecule has 1 radical (unpaired) electrons. The van der Waals surface area contributed by atoms with Gasteiger partial charge >= 0.3 is 0 Å². The molecule has 0 atom stereocenters. The fraction of sp³-hybridized carbons (Fsp3) is 0.300. The first-order chi connectivity index (χ1) is 5.65. The second-order valence-corrected chi connectivity index (χ2v) is 3.85. The third-order valence-electron chi connectivity index (χ3n) is 1.77. The van der Waals surface area contributed by atoms with Crippen molar-refractivity contribution in [2.75, 3.05) is 5.33 Å². The van der Waals surface area contributed by atoms with E-state index in [0.717, 1.165) is 21.5 Å². The van der Waals surface area contributed by atoms with Gasteiger partial charge in [-0.15, -0.1) is 0 Å². The Morgan fingerprint density at radius 1 is 1.33 bits per heavy atom. The third-order valence-corrected chi connectivity index (χ3v) is 2.69. The zero-order chi connectivity index (χ0) is 9.14. The van der Waals surface area contributed by atoms with Crippen LogP contribution in [0.15, 0.2) is 12.1 Å². The lowest BCUT2D eigenvalue weighted by molar-refractivity contribution is 1.32. The van der Waals surface area contributed by atoms with E-state index in [1.54, 1.807) is 0 Å². The molecule has 1 aromatic carbocycles. The quantitative estimate of drug-likeness (QED) is 0.694. The molecule has 0 nitrogen and oxygen atoms in total. The predicted molar refractivity (Wildman–Crippen MR) is 58.1 cm³/mol. The highest BCUT2D eigenvalue weighted by molar-refractivity contribution is 9.09. The van der Waals surface area contributed by atoms with Crippen molar-refractivity contribution in [3.05, 3.63) is 40.3 Å². The summed E-state index contributed by atoms with van der Waals surface area (Å²) in [6.45, 7) is 4.06. The summed E-state index contributed by atoms with van der Waals surface area (Å²) in [6, 6.07) is 4.19. The minimum Gasteiger partial charge on any atom is -0.0921 e. The van der Waals surface area contributed by atoms with Gasteiger partial charge in [-0.1, -0.05) is 39.7 Å². The van der Waals surface area contributed by atoms with Gasteiger partial charge in [0, 0.05) is 16.8 Å². The Labute approximate surface area is 87.1 Å². The van der Waals surface area contributed by atoms with Gasteiger partial charge in [0.25, 0.3) is 0 Å². The van der Waals surface area contributed by atoms with Crippen molar-refractivity contribution < 1.29 is 0 Å². The molecule has 0 amide bonds. The Morgan fingerprint density at radius 3 is 2.25 bits per heavy atom. The van der Waals surface area contributed by atoms with Gasteiger partial charge in [0.1, 0.15) is 0 Å². The summed E-state index contributed by atoms with van der Waals surface area (Å²) < 4.78 is 0. The number of benzene rings is 1. The van der Waals surface area contributed by atoms with Crippen LogP contribution in [0.5, 0.6) is 0 Å². The normalized spacial score (nSPS) is 10.3. The van der Waals surface area contributed by atoms with Gasteiger partial charge in [0.2, 0.25) is 0 Å². The van der Waals surface area contributed by atoms with Crippen molar-refractivity contribution >= 4 is 27.5 Å². The molecule has 2 heteroatoms. The van der Waals surface area contributed by atoms with Crippen LogP contribution in [-0.2, 0) is 0 Å². The minimum atomic E-state index is 0.877. The van der Waals surface area contributed by atoms with E-state index < -0.39 is 0 Å². The van der Waals surface area contributed by atoms with Gasteiger partial charge in [-0.3, -0.25) is 0 Å². The fourth-order valence-electron chi connectivity index (χ4n) is 1.19. The van der Waals surface area contributed by atoms with E-state index in [-0.39, 0.29) is 0 Å². The number of hydrogen-bond acceptors (Lipinski definition) is 0. The molecular weight excluding hydrogens is 235 g/mol. The molecule has 1 rings (SSSR count). The lowest BCUT2D eigenvalue weighted by Crippen LogP contribution is -1.88. The summed E-state index contributed by atoms with van der Waals surface area (Å²) >= 11 is 9.39. The minimum absolute atomic E-state index is 0.877. The lowest BCUT2D eigenvalue weighted by atomic mass is 10.1. The highest BCUT2D eigenvalue weighted by Gasteiger charge is 2.01. The SMILES string of the molecule is Cc1cc([CH]CBr)cc(C)c1Cl. The molecule has 0 heterocycles. The second kappa shape index (κ2) is 4.29. The Morgan fingerprint density at radius 2 is 1.83 bits per heavy atom. The fourth-order valence-corrected chi connectivity index (χ4v) is 1.67. The van der Waals surface area contributed by atoms with Gasteiger partial charge in [-0.2, -0.15) is 0 Å². The maximum absolute atomic E-state index is 6.02. The zero-order valence-corrected chi connectivity index (χ0v) is 9.54. The first kappa shape index (κ1) is 10.1. The van der Waals surface area contributed by atoms with Gasteiger partial charge in [-0.25, -0.2) is 0 Å². The van der Waals surface area contributed by atoms with Gasteiger partial charge in [-0.05, 0) is 30.5 Å². The van der Waals surface area contributed by atoms with Gasteiger partial charge in [0.15, 0.2) is 0 Å². The van der Waals surface area contributed by atoms with Crippen LogP contribution in [0.1, 0.15) is 16.7 Å². The van der Waals surface area contributed by atoms with Crippen molar-refractivity contribution in [2.45, 2.75) is 13.8 Å². The smallest absolute Gasteiger partial charge is 0.0464 e. The second-order valence-electron chi connectivity index (χ2n) is 2.83. The van der Waals surface area contributed by atoms with Gasteiger partial charge in [0.05, 0.1) is 0 Å². The molecule has 0 spiro atoms. The molecule has 0 aromatic heterocycles. The monoisotopic (exact) mass is 245 g/mol. The first-order valence-electron chi connectivity index (χ1n) is 3.81. The molecule has 1 aromatic rings. The zero-order valence-electron chi connectivity index (χ0n) is 7.20. The van der Waals surface area contributed by atoms with Crippen LogP contribution in [-0.4, -0.2) is 5.33 Å². The Kier molecular flexibility index (Phi) is 3.60. The van der Waals surface area contributed by atoms with E-state index in [9.17, 15) is 0 Å². The van der Waals surface area contributed by atoms with Crippen LogP contribution in [0.3, 0.4) is 0 Å². The van der Waals surface area contributed by atoms with Crippen LogP contribution in [0, 0.1) is 20.3 Å². The molecule has 0 bridgehead atoms.